The molecule has 2 aliphatic carbocycles. The summed E-state index contributed by atoms with van der Waals surface area (Å²) in [7, 11) is 0. The van der Waals surface area contributed by atoms with E-state index in [1.54, 1.807) is 0 Å². The number of nitrogens with zero attached hydrogens (tertiary/aromatic N) is 3. The Bertz CT molecular complexity index is 509. The highest BCUT2D eigenvalue weighted by Gasteiger charge is 2.45. The minimum absolute atomic E-state index is 0.0471. The molecule has 114 valence electrons. The number of hydrogen-bond donors (Lipinski definition) is 0. The van der Waals surface area contributed by atoms with Crippen LogP contribution in [0.2, 0.25) is 0 Å². The molecule has 5 rings (SSSR count). The quantitative estimate of drug-likeness (QED) is 0.852. The van der Waals surface area contributed by atoms with Crippen LogP contribution in [0.1, 0.15) is 62.3 Å². The fourth-order valence-electron chi connectivity index (χ4n) is 4.07. The summed E-state index contributed by atoms with van der Waals surface area (Å²) < 4.78 is 12.0. The van der Waals surface area contributed by atoms with Gasteiger partial charge in [0.2, 0.25) is 11.8 Å². The summed E-state index contributed by atoms with van der Waals surface area (Å²) in [5.74, 6) is 3.70. The third-order valence-electron chi connectivity index (χ3n) is 5.71. The second-order valence-corrected chi connectivity index (χ2v) is 7.43. The van der Waals surface area contributed by atoms with Crippen LogP contribution < -0.4 is 0 Å². The van der Waals surface area contributed by atoms with Gasteiger partial charge in [0.25, 0.3) is 0 Å². The molecule has 3 atom stereocenters. The normalized spacial score (nSPS) is 36.9. The van der Waals surface area contributed by atoms with E-state index in [9.17, 15) is 0 Å². The smallest absolute Gasteiger partial charge is 0.245 e. The van der Waals surface area contributed by atoms with E-state index in [0.29, 0.717) is 17.9 Å². The molecule has 5 nitrogen and oxygen atoms in total. The van der Waals surface area contributed by atoms with E-state index in [1.807, 2.05) is 0 Å². The molecule has 2 saturated heterocycles. The van der Waals surface area contributed by atoms with Crippen LogP contribution >= 0.6 is 0 Å². The van der Waals surface area contributed by atoms with Crippen molar-refractivity contribution in [1.82, 2.24) is 15.1 Å². The predicted molar refractivity (Wildman–Crippen MR) is 75.8 cm³/mol. The summed E-state index contributed by atoms with van der Waals surface area (Å²) in [4.78, 5) is 2.61. The Balaban J connectivity index is 1.20. The Morgan fingerprint density at radius 1 is 1.05 bits per heavy atom. The van der Waals surface area contributed by atoms with Gasteiger partial charge in [-0.15, -0.1) is 10.2 Å². The van der Waals surface area contributed by atoms with Gasteiger partial charge in [-0.1, -0.05) is 6.42 Å². The first kappa shape index (κ1) is 12.6. The minimum Gasteiger partial charge on any atom is -0.422 e. The van der Waals surface area contributed by atoms with Gasteiger partial charge in [0.15, 0.2) is 0 Å². The zero-order valence-electron chi connectivity index (χ0n) is 12.4. The molecule has 0 radical (unpaired) electrons. The monoisotopic (exact) mass is 289 g/mol. The molecule has 2 aliphatic heterocycles. The molecule has 1 aromatic rings. The standard InChI is InChI=1S/C16H23N3O2/c1-2-10(3-1)7-19-8-12-6-13(20-14(12)9-19)16-18-17-15(21-16)11-4-5-11/h10-14H,1-9H2/t12-,13-,14+/m0/s1. The molecule has 0 aromatic carbocycles. The Labute approximate surface area is 125 Å². The molecule has 4 fully saturated rings. The molecule has 4 aliphatic rings. The lowest BCUT2D eigenvalue weighted by atomic mass is 9.85. The lowest BCUT2D eigenvalue weighted by Gasteiger charge is -2.30. The van der Waals surface area contributed by atoms with Gasteiger partial charge in [0.1, 0.15) is 6.10 Å². The largest absolute Gasteiger partial charge is 0.422 e. The highest BCUT2D eigenvalue weighted by atomic mass is 16.5. The average Bonchev–Trinajstić information content (AvgIpc) is 2.87. The molecule has 21 heavy (non-hydrogen) atoms. The van der Waals surface area contributed by atoms with Crippen molar-refractivity contribution in [3.63, 3.8) is 0 Å². The van der Waals surface area contributed by atoms with E-state index < -0.39 is 0 Å². The molecule has 3 heterocycles. The SMILES string of the molecule is C1CC(CN2C[C@@H]3C[C@@H](c4nnc(C5CC5)o4)O[C@@H]3C2)C1. The maximum absolute atomic E-state index is 6.21. The van der Waals surface area contributed by atoms with E-state index in [-0.39, 0.29) is 6.10 Å². The summed E-state index contributed by atoms with van der Waals surface area (Å²) in [5.41, 5.74) is 0. The van der Waals surface area contributed by atoms with Gasteiger partial charge in [-0.3, -0.25) is 0 Å². The van der Waals surface area contributed by atoms with Crippen LogP contribution in [-0.2, 0) is 4.74 Å². The summed E-state index contributed by atoms with van der Waals surface area (Å²) in [6, 6.07) is 0. The van der Waals surface area contributed by atoms with Gasteiger partial charge >= 0.3 is 0 Å². The predicted octanol–water partition coefficient (Wildman–Crippen LogP) is 2.51. The molecule has 5 heteroatoms. The summed E-state index contributed by atoms with van der Waals surface area (Å²) in [5, 5.41) is 8.40. The highest BCUT2D eigenvalue weighted by molar-refractivity contribution is 5.03. The zero-order valence-corrected chi connectivity index (χ0v) is 12.4. The molecular formula is C16H23N3O2. The van der Waals surface area contributed by atoms with Crippen molar-refractivity contribution in [1.29, 1.82) is 0 Å². The molecule has 0 amide bonds. The van der Waals surface area contributed by atoms with Crippen molar-refractivity contribution in [3.05, 3.63) is 11.8 Å². The molecular weight excluding hydrogens is 266 g/mol. The Morgan fingerprint density at radius 2 is 1.90 bits per heavy atom. The van der Waals surface area contributed by atoms with Gasteiger partial charge in [-0.2, -0.15) is 0 Å². The first-order chi connectivity index (χ1) is 10.3. The fourth-order valence-corrected chi connectivity index (χ4v) is 4.07. The summed E-state index contributed by atoms with van der Waals surface area (Å²) in [6.45, 7) is 3.58. The van der Waals surface area contributed by atoms with Gasteiger partial charge in [-0.25, -0.2) is 0 Å². The first-order valence-corrected chi connectivity index (χ1v) is 8.56. The van der Waals surface area contributed by atoms with Gasteiger partial charge < -0.3 is 14.1 Å². The number of hydrogen-bond acceptors (Lipinski definition) is 5. The Kier molecular flexibility index (Phi) is 2.87. The molecule has 1 aromatic heterocycles. The topological polar surface area (TPSA) is 51.4 Å². The van der Waals surface area contributed by atoms with Crippen LogP contribution in [0.5, 0.6) is 0 Å². The van der Waals surface area contributed by atoms with Crippen LogP contribution in [0.4, 0.5) is 0 Å². The third-order valence-corrected chi connectivity index (χ3v) is 5.71. The summed E-state index contributed by atoms with van der Waals surface area (Å²) in [6.07, 6.45) is 8.19. The molecule has 2 saturated carbocycles. The van der Waals surface area contributed by atoms with E-state index in [2.05, 4.69) is 15.1 Å². The Morgan fingerprint density at radius 3 is 2.62 bits per heavy atom. The van der Waals surface area contributed by atoms with Crippen LogP contribution in [-0.4, -0.2) is 40.8 Å². The Hall–Kier alpha value is -0.940. The molecule has 0 bridgehead atoms. The van der Waals surface area contributed by atoms with Gasteiger partial charge in [0, 0.05) is 31.5 Å². The van der Waals surface area contributed by atoms with Gasteiger partial charge in [-0.05, 0) is 38.0 Å². The van der Waals surface area contributed by atoms with Crippen molar-refractivity contribution in [2.75, 3.05) is 19.6 Å². The van der Waals surface area contributed by atoms with Gasteiger partial charge in [0.05, 0.1) is 6.10 Å². The molecule has 0 N–H and O–H groups in total. The minimum atomic E-state index is 0.0471. The van der Waals surface area contributed by atoms with Crippen molar-refractivity contribution >= 4 is 0 Å². The van der Waals surface area contributed by atoms with Crippen molar-refractivity contribution in [3.8, 4) is 0 Å². The van der Waals surface area contributed by atoms with E-state index in [0.717, 1.165) is 30.7 Å². The average molecular weight is 289 g/mol. The zero-order chi connectivity index (χ0) is 13.8. The van der Waals surface area contributed by atoms with Crippen molar-refractivity contribution < 1.29 is 9.15 Å². The number of fused-ring (bicyclic) bond motifs is 1. The van der Waals surface area contributed by atoms with Crippen molar-refractivity contribution in [2.45, 2.75) is 56.7 Å². The van der Waals surface area contributed by atoms with Crippen molar-refractivity contribution in [2.24, 2.45) is 11.8 Å². The maximum atomic E-state index is 6.21. The second kappa shape index (κ2) is 4.78. The first-order valence-electron chi connectivity index (χ1n) is 8.56. The number of rotatable bonds is 4. The second-order valence-electron chi connectivity index (χ2n) is 7.43. The number of ether oxygens (including phenoxy) is 1. The highest BCUT2D eigenvalue weighted by Crippen LogP contribution is 2.43. The fraction of sp³-hybridized carbons (Fsp3) is 0.875. The third kappa shape index (κ3) is 2.30. The van der Waals surface area contributed by atoms with Crippen LogP contribution in [0, 0.1) is 11.8 Å². The lowest BCUT2D eigenvalue weighted by molar-refractivity contribution is 0.0205. The number of aromatic nitrogens is 2. The maximum Gasteiger partial charge on any atom is 0.245 e. The van der Waals surface area contributed by atoms with E-state index in [1.165, 1.54) is 45.2 Å². The van der Waals surface area contributed by atoms with E-state index >= 15 is 0 Å². The molecule has 0 spiro atoms. The summed E-state index contributed by atoms with van der Waals surface area (Å²) >= 11 is 0. The van der Waals surface area contributed by atoms with Crippen LogP contribution in [0.3, 0.4) is 0 Å². The van der Waals surface area contributed by atoms with Crippen LogP contribution in [0.15, 0.2) is 4.42 Å². The lowest BCUT2D eigenvalue weighted by Crippen LogP contribution is -2.32. The number of likely N-dealkylation sites (tertiary alicyclic amines) is 1. The van der Waals surface area contributed by atoms with Crippen LogP contribution in [0.25, 0.3) is 0 Å². The van der Waals surface area contributed by atoms with E-state index in [4.69, 9.17) is 9.15 Å². The molecule has 0 unspecified atom stereocenters.